The molecule has 3 aliphatic heterocycles. The van der Waals surface area contributed by atoms with Crippen molar-refractivity contribution in [2.24, 2.45) is 0 Å². The first kappa shape index (κ1) is 17.5. The molecule has 3 saturated heterocycles. The molecule has 28 heavy (non-hydrogen) atoms. The van der Waals surface area contributed by atoms with E-state index in [0.29, 0.717) is 17.7 Å². The van der Waals surface area contributed by atoms with E-state index in [9.17, 15) is 13.6 Å². The third-order valence-corrected chi connectivity index (χ3v) is 6.18. The minimum Gasteiger partial charge on any atom is -0.351 e. The van der Waals surface area contributed by atoms with Crippen molar-refractivity contribution in [3.63, 3.8) is 0 Å². The molecule has 146 valence electrons. The largest absolute Gasteiger partial charge is 0.351 e. The van der Waals surface area contributed by atoms with E-state index in [1.54, 1.807) is 6.20 Å². The highest BCUT2D eigenvalue weighted by Crippen LogP contribution is 2.31. The van der Waals surface area contributed by atoms with Gasteiger partial charge in [0.05, 0.1) is 17.4 Å². The summed E-state index contributed by atoms with van der Waals surface area (Å²) >= 11 is 1.12. The van der Waals surface area contributed by atoms with Crippen molar-refractivity contribution in [3.8, 4) is 0 Å². The average molecular weight is 404 g/mol. The van der Waals surface area contributed by atoms with Gasteiger partial charge in [-0.15, -0.1) is 11.3 Å². The number of alkyl halides is 2. The predicted molar refractivity (Wildman–Crippen MR) is 102 cm³/mol. The van der Waals surface area contributed by atoms with E-state index in [1.165, 1.54) is 21.5 Å². The number of aromatic nitrogens is 3. The number of amides is 1. The van der Waals surface area contributed by atoms with Gasteiger partial charge in [0.1, 0.15) is 11.4 Å². The standard InChI is InChI=1S/C18H18F2N6OS/c19-16(20)13-8-28-9-14(13)23-18(27)12-6-22-26-4-3-15(24-17(12)26)25-7-10-1-2-11(25)5-21-10/h3-4,6,8-11,16,21H,1-2,5,7H2,(H,23,27). The molecule has 0 aromatic carbocycles. The van der Waals surface area contributed by atoms with Crippen LogP contribution in [-0.4, -0.2) is 45.7 Å². The number of nitrogens with one attached hydrogen (secondary N) is 2. The Labute approximate surface area is 163 Å². The zero-order valence-corrected chi connectivity index (χ0v) is 15.6. The molecule has 7 nitrogen and oxygen atoms in total. The summed E-state index contributed by atoms with van der Waals surface area (Å²) < 4.78 is 27.6. The molecule has 2 N–H and O–H groups in total. The fraction of sp³-hybridized carbons (Fsp3) is 0.389. The van der Waals surface area contributed by atoms with Crippen LogP contribution < -0.4 is 15.5 Å². The summed E-state index contributed by atoms with van der Waals surface area (Å²) in [6.45, 7) is 1.81. The molecule has 1 amide bonds. The molecule has 10 heteroatoms. The van der Waals surface area contributed by atoms with Gasteiger partial charge in [0, 0.05) is 42.1 Å². The van der Waals surface area contributed by atoms with Crippen molar-refractivity contribution < 1.29 is 13.6 Å². The Bertz CT molecular complexity index is 1030. The van der Waals surface area contributed by atoms with Gasteiger partial charge in [-0.25, -0.2) is 18.3 Å². The lowest BCUT2D eigenvalue weighted by Gasteiger charge is -2.46. The lowest BCUT2D eigenvalue weighted by atomic mass is 9.93. The molecule has 6 rings (SSSR count). The minimum absolute atomic E-state index is 0.125. The summed E-state index contributed by atoms with van der Waals surface area (Å²) in [7, 11) is 0. The summed E-state index contributed by atoms with van der Waals surface area (Å²) in [5, 5.41) is 13.1. The molecule has 3 aromatic rings. The van der Waals surface area contributed by atoms with Gasteiger partial charge in [0.25, 0.3) is 12.3 Å². The van der Waals surface area contributed by atoms with Gasteiger partial charge in [-0.3, -0.25) is 4.79 Å². The molecule has 3 aromatic heterocycles. The van der Waals surface area contributed by atoms with Crippen molar-refractivity contribution in [1.82, 2.24) is 19.9 Å². The number of piperidine rings is 2. The maximum absolute atomic E-state index is 13.1. The summed E-state index contributed by atoms with van der Waals surface area (Å²) in [5.41, 5.74) is 0.618. The van der Waals surface area contributed by atoms with Crippen LogP contribution in [0.4, 0.5) is 20.3 Å². The van der Waals surface area contributed by atoms with Crippen LogP contribution in [0.1, 0.15) is 35.2 Å². The number of nitrogens with zero attached hydrogens (tertiary/aromatic N) is 4. The number of halogens is 2. The Kier molecular flexibility index (Phi) is 4.24. The molecule has 0 spiro atoms. The van der Waals surface area contributed by atoms with Crippen molar-refractivity contribution in [2.45, 2.75) is 31.4 Å². The average Bonchev–Trinajstić information content (AvgIpc) is 3.35. The van der Waals surface area contributed by atoms with Crippen LogP contribution in [0.3, 0.4) is 0 Å². The maximum atomic E-state index is 13.1. The molecular formula is C18H18F2N6OS. The van der Waals surface area contributed by atoms with Crippen LogP contribution in [0, 0.1) is 0 Å². The van der Waals surface area contributed by atoms with E-state index in [4.69, 9.17) is 0 Å². The second-order valence-corrected chi connectivity index (χ2v) is 7.84. The Morgan fingerprint density at radius 2 is 2.25 bits per heavy atom. The first-order valence-corrected chi connectivity index (χ1v) is 10.0. The molecule has 3 aliphatic rings. The highest BCUT2D eigenvalue weighted by Gasteiger charge is 2.34. The highest BCUT2D eigenvalue weighted by molar-refractivity contribution is 7.08. The molecular weight excluding hydrogens is 386 g/mol. The van der Waals surface area contributed by atoms with Crippen LogP contribution in [0.5, 0.6) is 0 Å². The fourth-order valence-electron chi connectivity index (χ4n) is 3.94. The van der Waals surface area contributed by atoms with E-state index in [-0.39, 0.29) is 16.8 Å². The Hall–Kier alpha value is -2.59. The quantitative estimate of drug-likeness (QED) is 0.700. The molecule has 3 fully saturated rings. The fourth-order valence-corrected chi connectivity index (χ4v) is 4.71. The van der Waals surface area contributed by atoms with E-state index < -0.39 is 12.3 Å². The van der Waals surface area contributed by atoms with Crippen LogP contribution in [0.25, 0.3) is 5.65 Å². The molecule has 2 atom stereocenters. The summed E-state index contributed by atoms with van der Waals surface area (Å²) in [4.78, 5) is 19.7. The van der Waals surface area contributed by atoms with Crippen LogP contribution in [0.15, 0.2) is 29.2 Å². The zero-order chi connectivity index (χ0) is 19.3. The minimum atomic E-state index is -2.64. The monoisotopic (exact) mass is 404 g/mol. The number of anilines is 2. The normalized spacial score (nSPS) is 21.6. The van der Waals surface area contributed by atoms with Crippen LogP contribution >= 0.6 is 11.3 Å². The Balaban J connectivity index is 1.45. The lowest BCUT2D eigenvalue weighted by Crippen LogP contribution is -2.61. The van der Waals surface area contributed by atoms with Gasteiger partial charge in [0.2, 0.25) is 0 Å². The summed E-state index contributed by atoms with van der Waals surface area (Å²) in [5.74, 6) is 0.309. The first-order chi connectivity index (χ1) is 13.6. The number of carbonyl (C=O) groups is 1. The SMILES string of the molecule is O=C(Nc1cscc1C(F)F)c1cnn2ccc(N3CC4CCC3CN4)nc12. The van der Waals surface area contributed by atoms with Gasteiger partial charge in [0.15, 0.2) is 5.65 Å². The van der Waals surface area contributed by atoms with Gasteiger partial charge >= 0.3 is 0 Å². The Morgan fingerprint density at radius 3 is 2.96 bits per heavy atom. The van der Waals surface area contributed by atoms with Crippen molar-refractivity contribution in [2.75, 3.05) is 23.3 Å². The molecule has 0 aliphatic carbocycles. The molecule has 2 bridgehead atoms. The van der Waals surface area contributed by atoms with Gasteiger partial charge in [-0.05, 0) is 18.9 Å². The van der Waals surface area contributed by atoms with Gasteiger partial charge in [-0.1, -0.05) is 0 Å². The summed E-state index contributed by atoms with van der Waals surface area (Å²) in [6, 6.07) is 2.75. The zero-order valence-electron chi connectivity index (χ0n) is 14.8. The second kappa shape index (κ2) is 6.78. The van der Waals surface area contributed by atoms with E-state index >= 15 is 0 Å². The number of fused-ring (bicyclic) bond motifs is 4. The van der Waals surface area contributed by atoms with E-state index in [2.05, 4.69) is 25.6 Å². The third kappa shape index (κ3) is 2.92. The van der Waals surface area contributed by atoms with Crippen molar-refractivity contribution in [1.29, 1.82) is 0 Å². The number of rotatable bonds is 4. The second-order valence-electron chi connectivity index (χ2n) is 7.10. The number of hydrogen-bond acceptors (Lipinski definition) is 6. The number of piperazine rings is 1. The van der Waals surface area contributed by atoms with Crippen molar-refractivity contribution in [3.05, 3.63) is 40.3 Å². The van der Waals surface area contributed by atoms with Crippen molar-refractivity contribution >= 4 is 34.4 Å². The van der Waals surface area contributed by atoms with Crippen LogP contribution in [0.2, 0.25) is 0 Å². The number of thiophene rings is 1. The summed E-state index contributed by atoms with van der Waals surface area (Å²) in [6.07, 6.45) is 2.83. The van der Waals surface area contributed by atoms with E-state index in [1.807, 2.05) is 6.07 Å². The van der Waals surface area contributed by atoms with Crippen LogP contribution in [-0.2, 0) is 0 Å². The topological polar surface area (TPSA) is 74.6 Å². The predicted octanol–water partition coefficient (Wildman–Crippen LogP) is 2.92. The number of carbonyl (C=O) groups excluding carboxylic acids is 1. The number of hydrogen-bond donors (Lipinski definition) is 2. The van der Waals surface area contributed by atoms with Gasteiger partial charge < -0.3 is 15.5 Å². The molecule has 6 heterocycles. The van der Waals surface area contributed by atoms with Gasteiger partial charge in [-0.2, -0.15) is 5.10 Å². The maximum Gasteiger partial charge on any atom is 0.266 e. The molecule has 2 unspecified atom stereocenters. The Morgan fingerprint density at radius 1 is 1.36 bits per heavy atom. The molecule has 0 radical (unpaired) electrons. The smallest absolute Gasteiger partial charge is 0.266 e. The first-order valence-electron chi connectivity index (χ1n) is 9.10. The lowest BCUT2D eigenvalue weighted by molar-refractivity contribution is 0.102. The van der Waals surface area contributed by atoms with E-state index in [0.717, 1.165) is 43.1 Å². The molecule has 0 saturated carbocycles. The highest BCUT2D eigenvalue weighted by atomic mass is 32.1. The third-order valence-electron chi connectivity index (χ3n) is 5.42.